The topological polar surface area (TPSA) is 91.9 Å². The first-order chi connectivity index (χ1) is 28.1. The van der Waals surface area contributed by atoms with Gasteiger partial charge in [0.1, 0.15) is 24.7 Å². The number of benzene rings is 5. The van der Waals surface area contributed by atoms with Crippen LogP contribution in [0.25, 0.3) is 0 Å². The first-order valence-corrected chi connectivity index (χ1v) is 20.0. The summed E-state index contributed by atoms with van der Waals surface area (Å²) < 4.78 is 18.8. The molecule has 9 rings (SSSR count). The van der Waals surface area contributed by atoms with E-state index in [0.29, 0.717) is 54.3 Å². The van der Waals surface area contributed by atoms with Crippen molar-refractivity contribution >= 4 is 40.3 Å². The second kappa shape index (κ2) is 14.9. The maximum absolute atomic E-state index is 14.1. The van der Waals surface area contributed by atoms with Crippen molar-refractivity contribution in [3.8, 4) is 17.2 Å². The molecule has 0 fully saturated rings. The first-order valence-electron chi connectivity index (χ1n) is 20.0. The number of carbonyl (C=O) groups excluding carboxylic acids is 3. The van der Waals surface area contributed by atoms with E-state index < -0.39 is 0 Å². The van der Waals surface area contributed by atoms with Crippen LogP contribution in [-0.4, -0.2) is 64.0 Å². The maximum Gasteiger partial charge on any atom is 0.260 e. The van der Waals surface area contributed by atoms with Gasteiger partial charge in [0, 0.05) is 57.1 Å². The Morgan fingerprint density at radius 3 is 1.69 bits per heavy atom. The minimum atomic E-state index is -0.0453. The van der Waals surface area contributed by atoms with E-state index >= 15 is 0 Å². The van der Waals surface area contributed by atoms with Crippen LogP contribution in [0.2, 0.25) is 0 Å². The van der Waals surface area contributed by atoms with E-state index in [-0.39, 0.29) is 42.9 Å². The van der Waals surface area contributed by atoms with Gasteiger partial charge in [-0.25, -0.2) is 0 Å². The van der Waals surface area contributed by atoms with Gasteiger partial charge in [0.05, 0.1) is 41.7 Å². The molecular formula is C48H48N4O6. The molecule has 0 radical (unpaired) electrons. The number of para-hydroxylation sites is 2. The van der Waals surface area contributed by atoms with Gasteiger partial charge in [-0.05, 0) is 96.8 Å². The molecule has 0 saturated heterocycles. The second-order valence-electron chi connectivity index (χ2n) is 16.2. The summed E-state index contributed by atoms with van der Waals surface area (Å²) in [7, 11) is 5.65. The van der Waals surface area contributed by atoms with Crippen molar-refractivity contribution in [3.05, 3.63) is 136 Å². The van der Waals surface area contributed by atoms with Gasteiger partial charge in [0.25, 0.3) is 11.8 Å². The number of likely N-dealkylation sites (N-methyl/N-ethyl adjacent to an activating group) is 2. The number of ketones is 1. The fourth-order valence-electron chi connectivity index (χ4n) is 9.27. The number of Topliss-reactive ketones (excluding diaryl/α,β-unsaturated/α-hetero) is 1. The average molecular weight is 777 g/mol. The summed E-state index contributed by atoms with van der Waals surface area (Å²) >= 11 is 0. The third-order valence-corrected chi connectivity index (χ3v) is 12.1. The number of rotatable bonds is 10. The molecule has 0 bridgehead atoms. The lowest BCUT2D eigenvalue weighted by molar-refractivity contribution is -0.116. The molecule has 0 aliphatic carbocycles. The van der Waals surface area contributed by atoms with E-state index in [1.807, 2.05) is 85.4 Å². The number of hydrogen-bond acceptors (Lipinski definition) is 8. The highest BCUT2D eigenvalue weighted by Gasteiger charge is 2.40. The Morgan fingerprint density at radius 1 is 0.638 bits per heavy atom. The quantitative estimate of drug-likeness (QED) is 0.143. The Balaban J connectivity index is 0.960. The van der Waals surface area contributed by atoms with E-state index in [1.165, 1.54) is 11.1 Å². The second-order valence-corrected chi connectivity index (χ2v) is 16.2. The van der Waals surface area contributed by atoms with Crippen LogP contribution in [0, 0.1) is 6.92 Å². The zero-order chi connectivity index (χ0) is 40.2. The first kappa shape index (κ1) is 37.3. The van der Waals surface area contributed by atoms with Crippen LogP contribution in [0.4, 0.5) is 22.7 Å². The Kier molecular flexibility index (Phi) is 9.58. The SMILES string of the molecule is COc1cc2c(cc1OCc1cc(CCC(C)=O)cc(COc3cc4c(cc3C)C(=O)N3c5ccccc5C[C@H]3CN4C)c1)N(C)C[C@@H]1Cc3ccccc3N1C2=O. The number of methoxy groups -OCH3 is 1. The third kappa shape index (κ3) is 6.70. The van der Waals surface area contributed by atoms with Crippen LogP contribution in [0.3, 0.4) is 0 Å². The van der Waals surface area contributed by atoms with Crippen LogP contribution in [0.5, 0.6) is 17.2 Å². The lowest BCUT2D eigenvalue weighted by atomic mass is 10.0. The Bertz CT molecular complexity index is 2480. The van der Waals surface area contributed by atoms with Crippen molar-refractivity contribution in [2.24, 2.45) is 0 Å². The van der Waals surface area contributed by atoms with Crippen molar-refractivity contribution in [1.29, 1.82) is 0 Å². The van der Waals surface area contributed by atoms with Gasteiger partial charge >= 0.3 is 0 Å². The molecule has 0 saturated carbocycles. The van der Waals surface area contributed by atoms with Crippen LogP contribution < -0.4 is 33.8 Å². The number of anilines is 4. The van der Waals surface area contributed by atoms with Gasteiger partial charge in [-0.1, -0.05) is 48.5 Å². The molecule has 0 spiro atoms. The highest BCUT2D eigenvalue weighted by Crippen LogP contribution is 2.43. The standard InChI is InChI=1S/C48H48N4O6/c1-29-16-38-42(49(3)25-36-20-34-10-6-8-12-40(34)51(36)47(38)54)23-44(29)57-27-32-17-31(15-14-30(2)53)18-33(19-32)28-58-46-24-43-39(22-45(46)56-5)48(55)52-37(26-50(43)4)21-35-11-7-9-13-41(35)52/h6-13,16-19,22-24,36-37H,14-15,20-21,25-28H2,1-5H3/t36-,37-/m0/s1. The summed E-state index contributed by atoms with van der Waals surface area (Å²) in [6.07, 6.45) is 2.67. The zero-order valence-electron chi connectivity index (χ0n) is 33.7. The van der Waals surface area contributed by atoms with Gasteiger partial charge in [0.15, 0.2) is 11.5 Å². The number of amides is 2. The summed E-state index contributed by atoms with van der Waals surface area (Å²) in [6, 6.07) is 30.3. The fourth-order valence-corrected chi connectivity index (χ4v) is 9.27. The fraction of sp³-hybridized carbons (Fsp3) is 0.312. The molecule has 5 aromatic carbocycles. The molecule has 10 nitrogen and oxygen atoms in total. The number of fused-ring (bicyclic) bond motifs is 8. The molecule has 5 aromatic rings. The molecule has 2 amide bonds. The molecule has 0 aromatic heterocycles. The Labute approximate surface area is 339 Å². The Morgan fingerprint density at radius 2 is 1.14 bits per heavy atom. The summed E-state index contributed by atoms with van der Waals surface area (Å²) in [5.74, 6) is 1.83. The van der Waals surface area contributed by atoms with Crippen molar-refractivity contribution < 1.29 is 28.6 Å². The van der Waals surface area contributed by atoms with E-state index in [2.05, 4.69) is 40.1 Å². The van der Waals surface area contributed by atoms with E-state index in [1.54, 1.807) is 20.1 Å². The Hall–Kier alpha value is -6.29. The average Bonchev–Trinajstić information content (AvgIpc) is 3.72. The number of nitrogens with zero attached hydrogens (tertiary/aromatic N) is 4. The van der Waals surface area contributed by atoms with Crippen LogP contribution in [0.1, 0.15) is 67.4 Å². The number of aryl methyl sites for hydroxylation is 2. The summed E-state index contributed by atoms with van der Waals surface area (Å²) in [4.78, 5) is 48.4. The minimum Gasteiger partial charge on any atom is -0.493 e. The number of carbonyl (C=O) groups is 3. The third-order valence-electron chi connectivity index (χ3n) is 12.1. The van der Waals surface area contributed by atoms with Gasteiger partial charge in [-0.2, -0.15) is 0 Å². The van der Waals surface area contributed by atoms with Crippen molar-refractivity contribution in [1.82, 2.24) is 0 Å². The summed E-state index contributed by atoms with van der Waals surface area (Å²) in [5.41, 5.74) is 11.0. The van der Waals surface area contributed by atoms with Gasteiger partial charge in [-0.15, -0.1) is 0 Å². The minimum absolute atomic E-state index is 0.0160. The molecular weight excluding hydrogens is 729 g/mol. The number of hydrogen-bond donors (Lipinski definition) is 0. The molecule has 10 heteroatoms. The maximum atomic E-state index is 14.1. The van der Waals surface area contributed by atoms with Crippen LogP contribution in [0.15, 0.2) is 91.0 Å². The van der Waals surface area contributed by atoms with Crippen molar-refractivity contribution in [2.75, 3.05) is 53.9 Å². The molecule has 2 atom stereocenters. The van der Waals surface area contributed by atoms with E-state index in [0.717, 1.165) is 57.8 Å². The summed E-state index contributed by atoms with van der Waals surface area (Å²) in [5, 5.41) is 0. The lowest BCUT2D eigenvalue weighted by Gasteiger charge is -2.25. The number of ether oxygens (including phenoxy) is 3. The molecule has 0 unspecified atom stereocenters. The predicted molar refractivity (Wildman–Crippen MR) is 226 cm³/mol. The molecule has 4 heterocycles. The van der Waals surface area contributed by atoms with Crippen LogP contribution in [-0.2, 0) is 37.3 Å². The van der Waals surface area contributed by atoms with Crippen LogP contribution >= 0.6 is 0 Å². The van der Waals surface area contributed by atoms with Gasteiger partial charge in [0.2, 0.25) is 0 Å². The highest BCUT2D eigenvalue weighted by molar-refractivity contribution is 6.13. The lowest BCUT2D eigenvalue weighted by Crippen LogP contribution is -2.41. The molecule has 4 aliphatic heterocycles. The van der Waals surface area contributed by atoms with Crippen molar-refractivity contribution in [2.45, 2.75) is 64.8 Å². The normalized spacial score (nSPS) is 17.7. The van der Waals surface area contributed by atoms with E-state index in [4.69, 9.17) is 14.2 Å². The van der Waals surface area contributed by atoms with Crippen molar-refractivity contribution in [3.63, 3.8) is 0 Å². The molecule has 296 valence electrons. The summed E-state index contributed by atoms with van der Waals surface area (Å²) in [6.45, 7) is 5.51. The largest absolute Gasteiger partial charge is 0.493 e. The zero-order valence-corrected chi connectivity index (χ0v) is 33.7. The predicted octanol–water partition coefficient (Wildman–Crippen LogP) is 7.73. The molecule has 0 N–H and O–H groups in total. The molecule has 4 aliphatic rings. The van der Waals surface area contributed by atoms with Gasteiger partial charge < -0.3 is 38.6 Å². The smallest absolute Gasteiger partial charge is 0.260 e. The highest BCUT2D eigenvalue weighted by atomic mass is 16.5. The van der Waals surface area contributed by atoms with E-state index in [9.17, 15) is 14.4 Å². The molecule has 58 heavy (non-hydrogen) atoms. The van der Waals surface area contributed by atoms with Gasteiger partial charge in [-0.3, -0.25) is 9.59 Å². The monoisotopic (exact) mass is 776 g/mol.